The Hall–Kier alpha value is -3.98. The van der Waals surface area contributed by atoms with Gasteiger partial charge in [0.25, 0.3) is 11.8 Å². The third kappa shape index (κ3) is 7.25. The van der Waals surface area contributed by atoms with Crippen LogP contribution in [0.15, 0.2) is 53.0 Å². The highest BCUT2D eigenvalue weighted by Gasteiger charge is 2.45. The Labute approximate surface area is 320 Å². The summed E-state index contributed by atoms with van der Waals surface area (Å²) in [7, 11) is 2.27. The number of amides is 2. The predicted octanol–water partition coefficient (Wildman–Crippen LogP) is 5.91. The number of ether oxygens (including phenoxy) is 4. The number of methoxy groups -OCH3 is 3. The molecule has 7 rings (SSSR count). The number of benzene rings is 2. The van der Waals surface area contributed by atoms with Crippen molar-refractivity contribution in [2.24, 2.45) is 29.2 Å². The first-order valence-electron chi connectivity index (χ1n) is 18.3. The van der Waals surface area contributed by atoms with Crippen LogP contribution in [0.5, 0.6) is 11.6 Å². The van der Waals surface area contributed by atoms with Crippen LogP contribution in [-0.2, 0) is 38.3 Å². The number of aryl methyl sites for hydroxylation is 2. The van der Waals surface area contributed by atoms with Gasteiger partial charge in [-0.3, -0.25) is 19.0 Å². The van der Waals surface area contributed by atoms with E-state index in [0.717, 1.165) is 43.2 Å². The highest BCUT2D eigenvalue weighted by atomic mass is 35.5. The molecule has 3 aromatic rings. The number of nitrogens with one attached hydrogen (secondary N) is 1. The molecule has 0 radical (unpaired) electrons. The van der Waals surface area contributed by atoms with Gasteiger partial charge in [-0.05, 0) is 85.3 Å². The largest absolute Gasteiger partial charge is 0.490 e. The van der Waals surface area contributed by atoms with Gasteiger partial charge in [0.15, 0.2) is 5.82 Å². The third-order valence-electron chi connectivity index (χ3n) is 11.5. The van der Waals surface area contributed by atoms with E-state index in [1.165, 1.54) is 31.2 Å². The summed E-state index contributed by atoms with van der Waals surface area (Å²) in [6, 6.07) is 8.87. The van der Waals surface area contributed by atoms with Crippen LogP contribution in [-0.4, -0.2) is 84.8 Å². The summed E-state index contributed by atoms with van der Waals surface area (Å²) in [5.74, 6) is -2.89. The highest BCUT2D eigenvalue weighted by Crippen LogP contribution is 2.48. The standard InChI is InChI=1S/C39H47ClFN5O7S/c1-23-20-54(49,44-37(48)29-19-45(2)42-38(29)52-5)43-36(47)28-11-13-33-35(34(28)41)46(18-25-8-10-27(25)32(51-4)15-14-31(23)50-3)21-39(22-53-33)16-6-7-24-17-26(40)9-12-30(24)39/h9,11-15,17,19,23,25,27,31-32H,6-8,10,16,18,20-22H2,1-5H3,(H,43,44,47,48,49)/b15-14+/t23-,25+,27-,31+,32?,39+,54?/m1/s1. The molecule has 1 fully saturated rings. The zero-order valence-electron chi connectivity index (χ0n) is 31.2. The topological polar surface area (TPSA) is 134 Å². The van der Waals surface area contributed by atoms with Crippen molar-refractivity contribution in [3.8, 4) is 11.6 Å². The Morgan fingerprint density at radius 1 is 1.13 bits per heavy atom. The predicted molar refractivity (Wildman–Crippen MR) is 203 cm³/mol. The lowest BCUT2D eigenvalue weighted by atomic mass is 9.68. The molecule has 12 nitrogen and oxygen atoms in total. The fourth-order valence-electron chi connectivity index (χ4n) is 8.70. The fraction of sp³-hybridized carbons (Fsp3) is 0.513. The van der Waals surface area contributed by atoms with Crippen LogP contribution in [0.1, 0.15) is 64.4 Å². The molecule has 1 saturated carbocycles. The molecule has 4 aliphatic rings. The van der Waals surface area contributed by atoms with E-state index in [9.17, 15) is 13.8 Å². The van der Waals surface area contributed by atoms with Gasteiger partial charge >= 0.3 is 0 Å². The number of anilines is 1. The maximum Gasteiger partial charge on any atom is 0.289 e. The van der Waals surface area contributed by atoms with E-state index in [1.54, 1.807) is 27.1 Å². The minimum atomic E-state index is -3.90. The molecule has 2 amide bonds. The monoisotopic (exact) mass is 783 g/mol. The van der Waals surface area contributed by atoms with Crippen LogP contribution in [0.2, 0.25) is 5.02 Å². The second kappa shape index (κ2) is 15.3. The van der Waals surface area contributed by atoms with Crippen molar-refractivity contribution in [3.63, 3.8) is 0 Å². The Balaban J connectivity index is 1.36. The van der Waals surface area contributed by atoms with Gasteiger partial charge < -0.3 is 23.8 Å². The Kier molecular flexibility index (Phi) is 10.8. The van der Waals surface area contributed by atoms with Crippen LogP contribution in [0.4, 0.5) is 10.1 Å². The lowest BCUT2D eigenvalue weighted by Gasteiger charge is -2.46. The highest BCUT2D eigenvalue weighted by molar-refractivity contribution is 7.92. The molecule has 1 N–H and O–H groups in total. The first-order valence-corrected chi connectivity index (χ1v) is 20.4. The molecule has 290 valence electrons. The van der Waals surface area contributed by atoms with E-state index < -0.39 is 45.0 Å². The SMILES string of the molecule is COc1nn(C)cc1C(=O)NS1(=O)=NC(=O)c2ccc3c(c2F)N(C[C@@H]2CC[C@H]2C(OC)/C=C/[C@H](OC)[C@H](C)C1)C[C@@]1(CCCc2cc(Cl)ccc21)CO3. The summed E-state index contributed by atoms with van der Waals surface area (Å²) < 4.78 is 63.5. The van der Waals surface area contributed by atoms with Gasteiger partial charge in [-0.25, -0.2) is 8.60 Å². The Morgan fingerprint density at radius 2 is 1.91 bits per heavy atom. The summed E-state index contributed by atoms with van der Waals surface area (Å²) in [5, 5.41) is 4.78. The van der Waals surface area contributed by atoms with Crippen molar-refractivity contribution in [1.82, 2.24) is 14.5 Å². The molecule has 0 saturated heterocycles. The molecular formula is C39H47ClFN5O7S. The van der Waals surface area contributed by atoms with E-state index in [1.807, 2.05) is 29.2 Å². The Bertz CT molecular complexity index is 2100. The number of halogens is 2. The van der Waals surface area contributed by atoms with E-state index >= 15 is 4.39 Å². The number of carbonyl (C=O) groups excluding carboxylic acids is 2. The van der Waals surface area contributed by atoms with Crippen molar-refractivity contribution in [3.05, 3.63) is 81.8 Å². The molecule has 2 aliphatic heterocycles. The van der Waals surface area contributed by atoms with Crippen LogP contribution in [0, 0.1) is 23.6 Å². The Morgan fingerprint density at radius 3 is 2.63 bits per heavy atom. The first-order chi connectivity index (χ1) is 25.9. The van der Waals surface area contributed by atoms with Gasteiger partial charge in [0.05, 0.1) is 37.2 Å². The summed E-state index contributed by atoms with van der Waals surface area (Å²) in [5.41, 5.74) is 1.61. The molecule has 2 unspecified atom stereocenters. The van der Waals surface area contributed by atoms with Gasteiger partial charge in [-0.2, -0.15) is 0 Å². The number of nitrogens with zero attached hydrogens (tertiary/aromatic N) is 4. The number of carbonyl (C=O) groups is 2. The first kappa shape index (κ1) is 38.3. The number of rotatable bonds is 5. The smallest absolute Gasteiger partial charge is 0.289 e. The summed E-state index contributed by atoms with van der Waals surface area (Å²) >= 11 is 6.44. The van der Waals surface area contributed by atoms with Gasteiger partial charge in [-0.15, -0.1) is 9.46 Å². The minimum Gasteiger partial charge on any atom is -0.490 e. The lowest BCUT2D eigenvalue weighted by Crippen LogP contribution is -2.50. The van der Waals surface area contributed by atoms with Crippen LogP contribution in [0.3, 0.4) is 0 Å². The van der Waals surface area contributed by atoms with Gasteiger partial charge in [0.1, 0.15) is 26.9 Å². The lowest BCUT2D eigenvalue weighted by molar-refractivity contribution is 0.0119. The van der Waals surface area contributed by atoms with Crippen LogP contribution in [0.25, 0.3) is 0 Å². The third-order valence-corrected chi connectivity index (χ3v) is 13.7. The van der Waals surface area contributed by atoms with E-state index in [0.29, 0.717) is 30.5 Å². The van der Waals surface area contributed by atoms with Crippen molar-refractivity contribution < 1.29 is 37.1 Å². The number of aromatic nitrogens is 2. The molecule has 1 spiro atoms. The second-order valence-electron chi connectivity index (χ2n) is 15.0. The summed E-state index contributed by atoms with van der Waals surface area (Å²) in [4.78, 5) is 29.7. The van der Waals surface area contributed by atoms with Crippen LogP contribution < -0.4 is 19.1 Å². The maximum atomic E-state index is 17.2. The van der Waals surface area contributed by atoms with Crippen molar-refractivity contribution in [1.29, 1.82) is 0 Å². The van der Waals surface area contributed by atoms with E-state index in [-0.39, 0.29) is 46.4 Å². The summed E-state index contributed by atoms with van der Waals surface area (Å²) in [6.07, 6.45) is 8.89. The van der Waals surface area contributed by atoms with Crippen molar-refractivity contribution >= 4 is 39.0 Å². The second-order valence-corrected chi connectivity index (χ2v) is 17.4. The van der Waals surface area contributed by atoms with Crippen LogP contribution >= 0.6 is 11.6 Å². The minimum absolute atomic E-state index is 0.00142. The molecule has 54 heavy (non-hydrogen) atoms. The van der Waals surface area contributed by atoms with E-state index in [2.05, 4.69) is 20.2 Å². The molecule has 2 bridgehead atoms. The average Bonchev–Trinajstić information content (AvgIpc) is 3.44. The van der Waals surface area contributed by atoms with Gasteiger partial charge in [-0.1, -0.05) is 36.7 Å². The molecule has 2 aliphatic carbocycles. The maximum absolute atomic E-state index is 17.2. The quantitative estimate of drug-likeness (QED) is 0.314. The summed E-state index contributed by atoms with van der Waals surface area (Å²) in [6.45, 7) is 3.04. The molecule has 7 atom stereocenters. The molecule has 15 heteroatoms. The number of hydrogen-bond donors (Lipinski definition) is 1. The van der Waals surface area contributed by atoms with Gasteiger partial charge in [0, 0.05) is 51.0 Å². The molecule has 3 heterocycles. The fourth-order valence-corrected chi connectivity index (χ4v) is 10.8. The number of fused-ring (bicyclic) bond motifs is 4. The van der Waals surface area contributed by atoms with Crippen molar-refractivity contribution in [2.45, 2.75) is 56.7 Å². The zero-order valence-corrected chi connectivity index (χ0v) is 32.8. The van der Waals surface area contributed by atoms with Crippen molar-refractivity contribution in [2.75, 3.05) is 51.7 Å². The van der Waals surface area contributed by atoms with Gasteiger partial charge in [0.2, 0.25) is 5.88 Å². The molecular weight excluding hydrogens is 737 g/mol. The van der Waals surface area contributed by atoms with E-state index in [4.69, 9.17) is 30.5 Å². The normalized spacial score (nSPS) is 30.2. The average molecular weight is 784 g/mol. The molecule has 1 aromatic heterocycles. The molecule has 2 aromatic carbocycles. The number of hydrogen-bond acceptors (Lipinski definition) is 9. The zero-order chi connectivity index (χ0) is 38.4.